The normalized spacial score (nSPS) is 31.7. The highest BCUT2D eigenvalue weighted by Crippen LogP contribution is 2.40. The van der Waals surface area contributed by atoms with Crippen LogP contribution in [0.3, 0.4) is 0 Å². The fourth-order valence-electron chi connectivity index (χ4n) is 2.74. The third-order valence-corrected chi connectivity index (χ3v) is 5.10. The molecule has 0 aliphatic heterocycles. The van der Waals surface area contributed by atoms with Crippen molar-refractivity contribution in [3.05, 3.63) is 0 Å². The van der Waals surface area contributed by atoms with Crippen molar-refractivity contribution in [2.75, 3.05) is 12.8 Å². The van der Waals surface area contributed by atoms with E-state index >= 15 is 0 Å². The smallest absolute Gasteiger partial charge is 0.0201 e. The largest absolute Gasteiger partial charge is 0.313 e. The Labute approximate surface area is 106 Å². The SMILES string of the molecule is CCCNC1CCC(C(C)(C)C)CC1SC. The van der Waals surface area contributed by atoms with E-state index in [1.807, 2.05) is 0 Å². The van der Waals surface area contributed by atoms with Crippen LogP contribution in [0.2, 0.25) is 0 Å². The molecule has 0 bridgehead atoms. The molecule has 0 spiro atoms. The van der Waals surface area contributed by atoms with Gasteiger partial charge >= 0.3 is 0 Å². The molecule has 0 aromatic heterocycles. The molecule has 3 atom stereocenters. The Balaban J connectivity index is 2.50. The molecule has 1 nitrogen and oxygen atoms in total. The van der Waals surface area contributed by atoms with Gasteiger partial charge in [0.15, 0.2) is 0 Å². The third kappa shape index (κ3) is 3.96. The predicted molar refractivity (Wildman–Crippen MR) is 76.2 cm³/mol. The minimum absolute atomic E-state index is 0.490. The average Bonchev–Trinajstić information content (AvgIpc) is 2.24. The lowest BCUT2D eigenvalue weighted by Gasteiger charge is -2.41. The molecule has 1 fully saturated rings. The lowest BCUT2D eigenvalue weighted by atomic mass is 9.71. The highest BCUT2D eigenvalue weighted by molar-refractivity contribution is 7.99. The molecular formula is C14H29NS. The van der Waals surface area contributed by atoms with Crippen LogP contribution < -0.4 is 5.32 Å². The first-order valence-electron chi connectivity index (χ1n) is 6.75. The molecule has 0 amide bonds. The van der Waals surface area contributed by atoms with Crippen LogP contribution in [0.25, 0.3) is 0 Å². The van der Waals surface area contributed by atoms with E-state index in [0.717, 1.165) is 17.2 Å². The summed E-state index contributed by atoms with van der Waals surface area (Å²) in [6.45, 7) is 10.6. The van der Waals surface area contributed by atoms with Gasteiger partial charge in [-0.25, -0.2) is 0 Å². The van der Waals surface area contributed by atoms with Crippen molar-refractivity contribution in [1.29, 1.82) is 0 Å². The van der Waals surface area contributed by atoms with Gasteiger partial charge in [-0.15, -0.1) is 0 Å². The maximum Gasteiger partial charge on any atom is 0.0201 e. The van der Waals surface area contributed by atoms with Crippen molar-refractivity contribution in [3.8, 4) is 0 Å². The summed E-state index contributed by atoms with van der Waals surface area (Å²) in [4.78, 5) is 0. The van der Waals surface area contributed by atoms with Gasteiger partial charge in [0.1, 0.15) is 0 Å². The number of hydrogen-bond donors (Lipinski definition) is 1. The molecule has 0 saturated heterocycles. The second kappa shape index (κ2) is 6.30. The summed E-state index contributed by atoms with van der Waals surface area (Å²) in [5.74, 6) is 0.907. The van der Waals surface area contributed by atoms with Crippen molar-refractivity contribution in [3.63, 3.8) is 0 Å². The van der Waals surface area contributed by atoms with Crippen LogP contribution in [0, 0.1) is 11.3 Å². The van der Waals surface area contributed by atoms with E-state index in [-0.39, 0.29) is 0 Å². The van der Waals surface area contributed by atoms with Crippen molar-refractivity contribution in [1.82, 2.24) is 5.32 Å². The quantitative estimate of drug-likeness (QED) is 0.803. The van der Waals surface area contributed by atoms with E-state index in [9.17, 15) is 0 Å². The summed E-state index contributed by atoms with van der Waals surface area (Å²) >= 11 is 2.06. The Bertz CT molecular complexity index is 197. The summed E-state index contributed by atoms with van der Waals surface area (Å²) in [5, 5.41) is 4.55. The lowest BCUT2D eigenvalue weighted by Crippen LogP contribution is -2.44. The molecule has 0 heterocycles. The molecule has 1 aliphatic carbocycles. The zero-order valence-electron chi connectivity index (χ0n) is 11.7. The van der Waals surface area contributed by atoms with Gasteiger partial charge in [0, 0.05) is 11.3 Å². The molecule has 1 N–H and O–H groups in total. The van der Waals surface area contributed by atoms with E-state index in [1.165, 1.54) is 32.2 Å². The Morgan fingerprint density at radius 1 is 1.25 bits per heavy atom. The standard InChI is InChI=1S/C14H29NS/c1-6-9-15-12-8-7-11(14(2,3)4)10-13(12)16-5/h11-13,15H,6-10H2,1-5H3. The Hall–Kier alpha value is 0.310. The monoisotopic (exact) mass is 243 g/mol. The second-order valence-corrected chi connectivity index (χ2v) is 7.29. The van der Waals surface area contributed by atoms with Crippen LogP contribution >= 0.6 is 11.8 Å². The van der Waals surface area contributed by atoms with Crippen molar-refractivity contribution in [2.24, 2.45) is 11.3 Å². The summed E-state index contributed by atoms with van der Waals surface area (Å²) in [6, 6.07) is 0.758. The number of thioether (sulfide) groups is 1. The van der Waals surface area contributed by atoms with E-state index in [1.54, 1.807) is 0 Å². The Morgan fingerprint density at radius 3 is 2.44 bits per heavy atom. The summed E-state index contributed by atoms with van der Waals surface area (Å²) in [5.41, 5.74) is 0.490. The molecular weight excluding hydrogens is 214 g/mol. The van der Waals surface area contributed by atoms with Gasteiger partial charge < -0.3 is 5.32 Å². The van der Waals surface area contributed by atoms with Gasteiger partial charge in [-0.1, -0.05) is 27.7 Å². The summed E-state index contributed by atoms with van der Waals surface area (Å²) in [7, 11) is 0. The molecule has 1 saturated carbocycles. The fraction of sp³-hybridized carbons (Fsp3) is 1.00. The molecule has 1 aliphatic rings. The van der Waals surface area contributed by atoms with Crippen LogP contribution in [-0.4, -0.2) is 24.1 Å². The number of rotatable bonds is 4. The molecule has 3 unspecified atom stereocenters. The van der Waals surface area contributed by atoms with Crippen LogP contribution in [0.4, 0.5) is 0 Å². The maximum absolute atomic E-state index is 3.72. The number of hydrogen-bond acceptors (Lipinski definition) is 2. The van der Waals surface area contributed by atoms with Crippen LogP contribution in [0.1, 0.15) is 53.4 Å². The first-order valence-corrected chi connectivity index (χ1v) is 8.04. The Kier molecular flexibility index (Phi) is 5.66. The molecule has 0 radical (unpaired) electrons. The average molecular weight is 243 g/mol. The first-order chi connectivity index (χ1) is 7.49. The highest BCUT2D eigenvalue weighted by atomic mass is 32.2. The predicted octanol–water partition coefficient (Wildman–Crippen LogP) is 3.93. The Morgan fingerprint density at radius 2 is 1.94 bits per heavy atom. The molecule has 0 aromatic carbocycles. The van der Waals surface area contributed by atoms with Gasteiger partial charge in [-0.05, 0) is 49.8 Å². The minimum atomic E-state index is 0.490. The molecule has 16 heavy (non-hydrogen) atoms. The summed E-state index contributed by atoms with van der Waals surface area (Å²) in [6.07, 6.45) is 7.69. The maximum atomic E-state index is 3.72. The molecule has 96 valence electrons. The molecule has 0 aromatic rings. The third-order valence-electron chi connectivity index (χ3n) is 3.98. The topological polar surface area (TPSA) is 12.0 Å². The van der Waals surface area contributed by atoms with Crippen LogP contribution in [0.15, 0.2) is 0 Å². The minimum Gasteiger partial charge on any atom is -0.313 e. The van der Waals surface area contributed by atoms with E-state index < -0.39 is 0 Å². The zero-order chi connectivity index (χ0) is 12.2. The number of nitrogens with one attached hydrogen (secondary N) is 1. The first kappa shape index (κ1) is 14.4. The van der Waals surface area contributed by atoms with Crippen molar-refractivity contribution < 1.29 is 0 Å². The lowest BCUT2D eigenvalue weighted by molar-refractivity contribution is 0.165. The molecule has 1 rings (SSSR count). The van der Waals surface area contributed by atoms with Crippen molar-refractivity contribution >= 4 is 11.8 Å². The second-order valence-electron chi connectivity index (χ2n) is 6.21. The zero-order valence-corrected chi connectivity index (χ0v) is 12.5. The van der Waals surface area contributed by atoms with E-state index in [4.69, 9.17) is 0 Å². The van der Waals surface area contributed by atoms with Crippen LogP contribution in [0.5, 0.6) is 0 Å². The fourth-order valence-corrected chi connectivity index (χ4v) is 3.73. The summed E-state index contributed by atoms with van der Waals surface area (Å²) < 4.78 is 0. The van der Waals surface area contributed by atoms with E-state index in [0.29, 0.717) is 5.41 Å². The van der Waals surface area contributed by atoms with E-state index in [2.05, 4.69) is 51.0 Å². The highest BCUT2D eigenvalue weighted by Gasteiger charge is 2.35. The molecule has 2 heteroatoms. The van der Waals surface area contributed by atoms with Gasteiger partial charge in [-0.2, -0.15) is 11.8 Å². The van der Waals surface area contributed by atoms with Gasteiger partial charge in [0.25, 0.3) is 0 Å². The van der Waals surface area contributed by atoms with Gasteiger partial charge in [0.05, 0.1) is 0 Å². The van der Waals surface area contributed by atoms with Gasteiger partial charge in [0.2, 0.25) is 0 Å². The van der Waals surface area contributed by atoms with Gasteiger partial charge in [-0.3, -0.25) is 0 Å². The van der Waals surface area contributed by atoms with Crippen molar-refractivity contribution in [2.45, 2.75) is 64.7 Å². The van der Waals surface area contributed by atoms with Crippen LogP contribution in [-0.2, 0) is 0 Å².